The summed E-state index contributed by atoms with van der Waals surface area (Å²) in [6, 6.07) is 0. The molecule has 1 heterocycles. The molecule has 0 aliphatic carbocycles. The molecule has 2 nitrogen and oxygen atoms in total. The summed E-state index contributed by atoms with van der Waals surface area (Å²) in [5.41, 5.74) is 1.48. The van der Waals surface area contributed by atoms with Crippen LogP contribution in [0.5, 0.6) is 0 Å². The van der Waals surface area contributed by atoms with Crippen LogP contribution in [-0.2, 0) is 0 Å². The van der Waals surface area contributed by atoms with Crippen LogP contribution in [0.2, 0.25) is 0 Å². The third-order valence-electron chi connectivity index (χ3n) is 3.43. The Balaban J connectivity index is 2.51. The fraction of sp³-hybridized carbons (Fsp3) is 0.833. The maximum atomic E-state index is 9.35. The average Bonchev–Trinajstić information content (AvgIpc) is 2.40. The first-order chi connectivity index (χ1) is 6.48. The van der Waals surface area contributed by atoms with Gasteiger partial charge in [0.1, 0.15) is 0 Å². The molecule has 1 N–H and O–H groups in total. The largest absolute Gasteiger partial charge is 0.396 e. The lowest BCUT2D eigenvalue weighted by molar-refractivity contribution is 0.118. The van der Waals surface area contributed by atoms with Crippen molar-refractivity contribution in [1.82, 2.24) is 4.90 Å². The van der Waals surface area contributed by atoms with E-state index in [-0.39, 0.29) is 5.41 Å². The molecule has 1 aliphatic rings. The Morgan fingerprint density at radius 3 is 2.64 bits per heavy atom. The number of allylic oxidation sites excluding steroid dienone is 1. The second kappa shape index (κ2) is 4.45. The van der Waals surface area contributed by atoms with Crippen LogP contribution in [-0.4, -0.2) is 36.2 Å². The summed E-state index contributed by atoms with van der Waals surface area (Å²) in [6.07, 6.45) is 2.26. The van der Waals surface area contributed by atoms with Gasteiger partial charge in [-0.25, -0.2) is 0 Å². The van der Waals surface area contributed by atoms with E-state index < -0.39 is 0 Å². The molecule has 2 atom stereocenters. The van der Waals surface area contributed by atoms with Crippen molar-refractivity contribution in [2.24, 2.45) is 11.3 Å². The minimum atomic E-state index is 0.107. The molecule has 2 unspecified atom stereocenters. The predicted molar refractivity (Wildman–Crippen MR) is 60.2 cm³/mol. The Hall–Kier alpha value is -0.340. The molecule has 14 heavy (non-hydrogen) atoms. The number of nitrogens with zero attached hydrogens (tertiary/aromatic N) is 1. The van der Waals surface area contributed by atoms with E-state index in [0.717, 1.165) is 19.6 Å². The third kappa shape index (κ3) is 2.58. The van der Waals surface area contributed by atoms with E-state index in [1.807, 2.05) is 0 Å². The highest BCUT2D eigenvalue weighted by atomic mass is 16.3. The number of hydrogen-bond donors (Lipinski definition) is 1. The molecule has 0 saturated carbocycles. The highest BCUT2D eigenvalue weighted by Gasteiger charge is 2.39. The second-order valence-corrected chi connectivity index (χ2v) is 5.19. The average molecular weight is 197 g/mol. The summed E-state index contributed by atoms with van der Waals surface area (Å²) in [7, 11) is 0. The van der Waals surface area contributed by atoms with E-state index in [0.29, 0.717) is 12.5 Å². The molecule has 0 bridgehead atoms. The normalized spacial score (nSPS) is 33.4. The molecule has 2 heteroatoms. The Morgan fingerprint density at radius 1 is 1.57 bits per heavy atom. The smallest absolute Gasteiger partial charge is 0.0500 e. The number of aliphatic hydroxyl groups excluding tert-OH is 1. The molecule has 82 valence electrons. The lowest BCUT2D eigenvalue weighted by Gasteiger charge is -2.25. The van der Waals surface area contributed by atoms with Crippen LogP contribution in [0, 0.1) is 11.3 Å². The number of hydrogen-bond acceptors (Lipinski definition) is 2. The van der Waals surface area contributed by atoms with Gasteiger partial charge in [0.05, 0.1) is 0 Å². The van der Waals surface area contributed by atoms with E-state index in [1.54, 1.807) is 0 Å². The standard InChI is InChI=1S/C12H23NO/c1-10(2)5-6-13-7-11(3)12(4,8-13)9-14/h5,11,14H,6-9H2,1-4H3. The van der Waals surface area contributed by atoms with Crippen LogP contribution >= 0.6 is 0 Å². The molecular weight excluding hydrogens is 174 g/mol. The van der Waals surface area contributed by atoms with E-state index in [1.165, 1.54) is 5.57 Å². The van der Waals surface area contributed by atoms with Gasteiger partial charge in [0.25, 0.3) is 0 Å². The van der Waals surface area contributed by atoms with Gasteiger partial charge >= 0.3 is 0 Å². The summed E-state index contributed by atoms with van der Waals surface area (Å²) in [5, 5.41) is 9.35. The fourth-order valence-corrected chi connectivity index (χ4v) is 2.00. The quantitative estimate of drug-likeness (QED) is 0.699. The van der Waals surface area contributed by atoms with E-state index in [9.17, 15) is 5.11 Å². The van der Waals surface area contributed by atoms with E-state index >= 15 is 0 Å². The van der Waals surface area contributed by atoms with Gasteiger partial charge in [0, 0.05) is 31.7 Å². The molecule has 0 radical (unpaired) electrons. The Labute approximate surface area is 87.6 Å². The first-order valence-electron chi connectivity index (χ1n) is 5.44. The second-order valence-electron chi connectivity index (χ2n) is 5.19. The zero-order chi connectivity index (χ0) is 10.8. The van der Waals surface area contributed by atoms with Crippen molar-refractivity contribution in [3.8, 4) is 0 Å². The zero-order valence-corrected chi connectivity index (χ0v) is 9.88. The first kappa shape index (κ1) is 11.7. The minimum Gasteiger partial charge on any atom is -0.396 e. The van der Waals surface area contributed by atoms with Gasteiger partial charge in [-0.05, 0) is 19.8 Å². The maximum absolute atomic E-state index is 9.35. The van der Waals surface area contributed by atoms with Gasteiger partial charge in [-0.15, -0.1) is 0 Å². The molecule has 1 rings (SSSR count). The Morgan fingerprint density at radius 2 is 2.21 bits per heavy atom. The molecule has 0 aromatic rings. The van der Waals surface area contributed by atoms with Crippen LogP contribution < -0.4 is 0 Å². The van der Waals surface area contributed by atoms with Crippen molar-refractivity contribution in [3.63, 3.8) is 0 Å². The first-order valence-corrected chi connectivity index (χ1v) is 5.44. The molecule has 1 aliphatic heterocycles. The fourth-order valence-electron chi connectivity index (χ4n) is 2.00. The maximum Gasteiger partial charge on any atom is 0.0500 e. The predicted octanol–water partition coefficient (Wildman–Crippen LogP) is 1.90. The number of likely N-dealkylation sites (tertiary alicyclic amines) is 1. The van der Waals surface area contributed by atoms with E-state index in [4.69, 9.17) is 0 Å². The monoisotopic (exact) mass is 197 g/mol. The van der Waals surface area contributed by atoms with Gasteiger partial charge in [-0.2, -0.15) is 0 Å². The zero-order valence-electron chi connectivity index (χ0n) is 9.88. The number of aliphatic hydroxyl groups is 1. The lowest BCUT2D eigenvalue weighted by atomic mass is 9.82. The van der Waals surface area contributed by atoms with Crippen LogP contribution in [0.25, 0.3) is 0 Å². The van der Waals surface area contributed by atoms with Gasteiger partial charge in [-0.3, -0.25) is 4.90 Å². The summed E-state index contributed by atoms with van der Waals surface area (Å²) in [4.78, 5) is 2.42. The van der Waals surface area contributed by atoms with Crippen LogP contribution in [0.1, 0.15) is 27.7 Å². The molecule has 1 fully saturated rings. The molecule has 0 aromatic heterocycles. The van der Waals surface area contributed by atoms with Gasteiger partial charge in [-0.1, -0.05) is 25.5 Å². The Bertz CT molecular complexity index is 220. The third-order valence-corrected chi connectivity index (χ3v) is 3.43. The highest BCUT2D eigenvalue weighted by Crippen LogP contribution is 2.34. The van der Waals surface area contributed by atoms with Crippen LogP contribution in [0.4, 0.5) is 0 Å². The lowest BCUT2D eigenvalue weighted by Crippen LogP contribution is -2.30. The van der Waals surface area contributed by atoms with Crippen molar-refractivity contribution >= 4 is 0 Å². The van der Waals surface area contributed by atoms with Crippen molar-refractivity contribution in [2.75, 3.05) is 26.2 Å². The molecule has 0 aromatic carbocycles. The van der Waals surface area contributed by atoms with Crippen molar-refractivity contribution in [3.05, 3.63) is 11.6 Å². The molecule has 1 saturated heterocycles. The summed E-state index contributed by atoms with van der Waals surface area (Å²) < 4.78 is 0. The molecule has 0 spiro atoms. The highest BCUT2D eigenvalue weighted by molar-refractivity contribution is 4.98. The van der Waals surface area contributed by atoms with Gasteiger partial charge in [0.2, 0.25) is 0 Å². The van der Waals surface area contributed by atoms with Gasteiger partial charge in [0.15, 0.2) is 0 Å². The number of rotatable bonds is 3. The summed E-state index contributed by atoms with van der Waals surface area (Å²) in [6.45, 7) is 12.1. The molecular formula is C12H23NO. The topological polar surface area (TPSA) is 23.5 Å². The van der Waals surface area contributed by atoms with E-state index in [2.05, 4.69) is 38.7 Å². The SMILES string of the molecule is CC(C)=CCN1CC(C)C(C)(CO)C1. The summed E-state index contributed by atoms with van der Waals surface area (Å²) in [5.74, 6) is 0.595. The van der Waals surface area contributed by atoms with Gasteiger partial charge < -0.3 is 5.11 Å². The molecule has 0 amide bonds. The van der Waals surface area contributed by atoms with Crippen molar-refractivity contribution < 1.29 is 5.11 Å². The van der Waals surface area contributed by atoms with Crippen molar-refractivity contribution in [1.29, 1.82) is 0 Å². The summed E-state index contributed by atoms with van der Waals surface area (Å²) >= 11 is 0. The Kier molecular flexibility index (Phi) is 3.73. The van der Waals surface area contributed by atoms with Crippen LogP contribution in [0.15, 0.2) is 11.6 Å². The van der Waals surface area contributed by atoms with Crippen molar-refractivity contribution in [2.45, 2.75) is 27.7 Å². The minimum absolute atomic E-state index is 0.107. The van der Waals surface area contributed by atoms with Crippen LogP contribution in [0.3, 0.4) is 0 Å².